The summed E-state index contributed by atoms with van der Waals surface area (Å²) in [5.41, 5.74) is 0.986. The standard InChI is InChI=1S/C12H17F2N3/c1-11(2,3)9-6-15-10(16-7-9)17-5-4-12(13,14)8-17/h6-7H,4-5,8H2,1-3H3. The maximum Gasteiger partial charge on any atom is 0.267 e. The van der Waals surface area contributed by atoms with Crippen LogP contribution in [0.15, 0.2) is 12.4 Å². The minimum Gasteiger partial charge on any atom is -0.335 e. The van der Waals surface area contributed by atoms with Crippen LogP contribution in [0.25, 0.3) is 0 Å². The van der Waals surface area contributed by atoms with E-state index in [0.717, 1.165) is 5.56 Å². The van der Waals surface area contributed by atoms with Crippen molar-refractivity contribution >= 4 is 5.95 Å². The summed E-state index contributed by atoms with van der Waals surface area (Å²) in [7, 11) is 0. The summed E-state index contributed by atoms with van der Waals surface area (Å²) >= 11 is 0. The first-order valence-electron chi connectivity index (χ1n) is 5.73. The minimum absolute atomic E-state index is 0.0204. The van der Waals surface area contributed by atoms with E-state index < -0.39 is 5.92 Å². The van der Waals surface area contributed by atoms with Gasteiger partial charge in [0.25, 0.3) is 5.92 Å². The average molecular weight is 241 g/mol. The van der Waals surface area contributed by atoms with Gasteiger partial charge >= 0.3 is 0 Å². The number of alkyl halides is 2. The lowest BCUT2D eigenvalue weighted by molar-refractivity contribution is 0.0256. The van der Waals surface area contributed by atoms with Crippen LogP contribution in [0, 0.1) is 0 Å². The van der Waals surface area contributed by atoms with Gasteiger partial charge in [-0.1, -0.05) is 20.8 Å². The number of anilines is 1. The molecule has 0 saturated carbocycles. The predicted molar refractivity (Wildman–Crippen MR) is 62.5 cm³/mol. The zero-order valence-corrected chi connectivity index (χ0v) is 10.4. The molecule has 0 N–H and O–H groups in total. The number of halogens is 2. The van der Waals surface area contributed by atoms with Crippen LogP contribution in [0.2, 0.25) is 0 Å². The summed E-state index contributed by atoms with van der Waals surface area (Å²) in [6, 6.07) is 0. The van der Waals surface area contributed by atoms with Gasteiger partial charge in [0.05, 0.1) is 6.54 Å². The van der Waals surface area contributed by atoms with Gasteiger partial charge in [0, 0.05) is 25.4 Å². The molecule has 5 heteroatoms. The van der Waals surface area contributed by atoms with Crippen LogP contribution in [0.5, 0.6) is 0 Å². The summed E-state index contributed by atoms with van der Waals surface area (Å²) in [6.07, 6.45) is 3.33. The number of hydrogen-bond acceptors (Lipinski definition) is 3. The Morgan fingerprint density at radius 1 is 1.24 bits per heavy atom. The Balaban J connectivity index is 2.14. The molecule has 1 aliphatic heterocycles. The molecule has 1 aromatic heterocycles. The van der Waals surface area contributed by atoms with Crippen molar-refractivity contribution in [3.63, 3.8) is 0 Å². The van der Waals surface area contributed by atoms with Crippen LogP contribution in [0.1, 0.15) is 32.8 Å². The van der Waals surface area contributed by atoms with Crippen LogP contribution >= 0.6 is 0 Å². The molecule has 1 fully saturated rings. The van der Waals surface area contributed by atoms with E-state index in [0.29, 0.717) is 12.5 Å². The van der Waals surface area contributed by atoms with Crippen molar-refractivity contribution in [1.82, 2.24) is 9.97 Å². The molecule has 0 amide bonds. The lowest BCUT2D eigenvalue weighted by atomic mass is 9.89. The van der Waals surface area contributed by atoms with Crippen LogP contribution < -0.4 is 4.90 Å². The maximum atomic E-state index is 13.1. The van der Waals surface area contributed by atoms with E-state index in [9.17, 15) is 8.78 Å². The van der Waals surface area contributed by atoms with E-state index in [1.165, 1.54) is 4.90 Å². The van der Waals surface area contributed by atoms with Crippen molar-refractivity contribution in [3.8, 4) is 0 Å². The van der Waals surface area contributed by atoms with E-state index in [-0.39, 0.29) is 18.4 Å². The summed E-state index contributed by atoms with van der Waals surface area (Å²) in [6.45, 7) is 6.24. The third-order valence-electron chi connectivity index (χ3n) is 2.96. The van der Waals surface area contributed by atoms with Crippen LogP contribution in [-0.4, -0.2) is 29.0 Å². The average Bonchev–Trinajstić information content (AvgIpc) is 2.58. The second kappa shape index (κ2) is 3.89. The molecule has 2 heterocycles. The highest BCUT2D eigenvalue weighted by atomic mass is 19.3. The van der Waals surface area contributed by atoms with Crippen molar-refractivity contribution in [1.29, 1.82) is 0 Å². The molecule has 94 valence electrons. The molecule has 1 aromatic rings. The Bertz CT molecular complexity index is 395. The normalized spacial score (nSPS) is 19.7. The number of nitrogens with zero attached hydrogens (tertiary/aromatic N) is 3. The lowest BCUT2D eigenvalue weighted by Gasteiger charge is -2.20. The summed E-state index contributed by atoms with van der Waals surface area (Å²) in [5.74, 6) is -2.21. The Morgan fingerprint density at radius 2 is 1.82 bits per heavy atom. The summed E-state index contributed by atoms with van der Waals surface area (Å²) in [5, 5.41) is 0. The van der Waals surface area contributed by atoms with Crippen LogP contribution in [0.3, 0.4) is 0 Å². The molecule has 0 aromatic carbocycles. The van der Waals surface area contributed by atoms with Crippen molar-refractivity contribution in [2.45, 2.75) is 38.5 Å². The molecule has 0 aliphatic carbocycles. The Labute approximate surface area is 99.9 Å². The van der Waals surface area contributed by atoms with Gasteiger partial charge in [0.1, 0.15) is 0 Å². The smallest absolute Gasteiger partial charge is 0.267 e. The molecule has 0 radical (unpaired) electrons. The third kappa shape index (κ3) is 2.70. The van der Waals surface area contributed by atoms with Crippen molar-refractivity contribution < 1.29 is 8.78 Å². The molecule has 2 rings (SSSR count). The maximum absolute atomic E-state index is 13.1. The van der Waals surface area contributed by atoms with Gasteiger partial charge in [-0.25, -0.2) is 18.7 Å². The molecule has 0 spiro atoms. The van der Waals surface area contributed by atoms with Gasteiger partial charge in [-0.15, -0.1) is 0 Å². The molecule has 17 heavy (non-hydrogen) atoms. The van der Waals surface area contributed by atoms with Gasteiger partial charge in [-0.05, 0) is 11.0 Å². The molecule has 1 aliphatic rings. The first kappa shape index (κ1) is 12.2. The molecule has 0 unspecified atom stereocenters. The van der Waals surface area contributed by atoms with Crippen LogP contribution in [0.4, 0.5) is 14.7 Å². The largest absolute Gasteiger partial charge is 0.335 e. The van der Waals surface area contributed by atoms with Gasteiger partial charge in [0.15, 0.2) is 0 Å². The van der Waals surface area contributed by atoms with Gasteiger partial charge in [-0.2, -0.15) is 0 Å². The minimum atomic E-state index is -2.61. The quantitative estimate of drug-likeness (QED) is 0.756. The molecular weight excluding hydrogens is 224 g/mol. The van der Waals surface area contributed by atoms with Crippen molar-refractivity contribution in [3.05, 3.63) is 18.0 Å². The fourth-order valence-corrected chi connectivity index (χ4v) is 1.78. The second-order valence-electron chi connectivity index (χ2n) is 5.55. The Kier molecular flexibility index (Phi) is 2.79. The van der Waals surface area contributed by atoms with E-state index >= 15 is 0 Å². The van der Waals surface area contributed by atoms with Gasteiger partial charge in [0.2, 0.25) is 5.95 Å². The monoisotopic (exact) mass is 241 g/mol. The fourth-order valence-electron chi connectivity index (χ4n) is 1.78. The Hall–Kier alpha value is -1.26. The predicted octanol–water partition coefficient (Wildman–Crippen LogP) is 2.62. The lowest BCUT2D eigenvalue weighted by Crippen LogP contribution is -2.26. The first-order valence-corrected chi connectivity index (χ1v) is 5.73. The van der Waals surface area contributed by atoms with E-state index in [1.807, 2.05) is 0 Å². The number of rotatable bonds is 1. The molecule has 0 atom stereocenters. The highest BCUT2D eigenvalue weighted by molar-refractivity contribution is 5.33. The van der Waals surface area contributed by atoms with Crippen LogP contribution in [-0.2, 0) is 5.41 Å². The highest BCUT2D eigenvalue weighted by Gasteiger charge is 2.39. The van der Waals surface area contributed by atoms with E-state index in [4.69, 9.17) is 0 Å². The summed E-state index contributed by atoms with van der Waals surface area (Å²) in [4.78, 5) is 9.88. The Morgan fingerprint density at radius 3 is 2.24 bits per heavy atom. The fraction of sp³-hybridized carbons (Fsp3) is 0.667. The summed E-state index contributed by atoms with van der Waals surface area (Å²) < 4.78 is 26.1. The van der Waals surface area contributed by atoms with Gasteiger partial charge in [-0.3, -0.25) is 0 Å². The van der Waals surface area contributed by atoms with Gasteiger partial charge < -0.3 is 4.90 Å². The highest BCUT2D eigenvalue weighted by Crippen LogP contribution is 2.29. The topological polar surface area (TPSA) is 29.0 Å². The molecule has 1 saturated heterocycles. The van der Waals surface area contributed by atoms with E-state index in [1.54, 1.807) is 12.4 Å². The molecular formula is C12H17F2N3. The molecule has 3 nitrogen and oxygen atoms in total. The van der Waals surface area contributed by atoms with E-state index in [2.05, 4.69) is 30.7 Å². The number of hydrogen-bond donors (Lipinski definition) is 0. The third-order valence-corrected chi connectivity index (χ3v) is 2.96. The second-order valence-corrected chi connectivity index (χ2v) is 5.55. The van der Waals surface area contributed by atoms with Crippen molar-refractivity contribution in [2.75, 3.05) is 18.0 Å². The zero-order valence-electron chi connectivity index (χ0n) is 10.4. The zero-order chi connectivity index (χ0) is 12.7. The number of aromatic nitrogens is 2. The van der Waals surface area contributed by atoms with Crippen molar-refractivity contribution in [2.24, 2.45) is 0 Å². The first-order chi connectivity index (χ1) is 7.78. The molecule has 0 bridgehead atoms. The SMILES string of the molecule is CC(C)(C)c1cnc(N2CCC(F)(F)C2)nc1.